The molecule has 2 fully saturated rings. The van der Waals surface area contributed by atoms with Gasteiger partial charge in [-0.05, 0) is 58.7 Å². The van der Waals surface area contributed by atoms with Crippen molar-refractivity contribution >= 4 is 0 Å². The first-order valence-electron chi connectivity index (χ1n) is 7.11. The lowest BCUT2D eigenvalue weighted by Crippen LogP contribution is -2.58. The first-order chi connectivity index (χ1) is 7.70. The Bertz CT molecular complexity index is 215. The molecule has 1 unspecified atom stereocenters. The molecule has 0 radical (unpaired) electrons. The smallest absolute Gasteiger partial charge is 0.0359 e. The molecule has 2 saturated carbocycles. The summed E-state index contributed by atoms with van der Waals surface area (Å²) in [7, 11) is 4.57. The lowest BCUT2D eigenvalue weighted by Gasteiger charge is -2.44. The van der Waals surface area contributed by atoms with Crippen LogP contribution in [0, 0.1) is 5.92 Å². The van der Waals surface area contributed by atoms with Gasteiger partial charge in [0.25, 0.3) is 0 Å². The molecule has 0 aromatic heterocycles. The zero-order valence-electron chi connectivity index (χ0n) is 11.3. The quantitative estimate of drug-likeness (QED) is 0.746. The highest BCUT2D eigenvalue weighted by Crippen LogP contribution is 2.45. The molecule has 16 heavy (non-hydrogen) atoms. The molecule has 2 aliphatic carbocycles. The Morgan fingerprint density at radius 3 is 2.31 bits per heavy atom. The molecule has 0 saturated heterocycles. The first-order valence-corrected chi connectivity index (χ1v) is 7.11. The predicted molar refractivity (Wildman–Crippen MR) is 69.7 cm³/mol. The van der Waals surface area contributed by atoms with Gasteiger partial charge in [0.15, 0.2) is 0 Å². The maximum absolute atomic E-state index is 3.85. The Hall–Kier alpha value is -0.0800. The molecule has 1 N–H and O–H groups in total. The highest BCUT2D eigenvalue weighted by Gasteiger charge is 2.48. The minimum absolute atomic E-state index is 0.469. The van der Waals surface area contributed by atoms with Crippen LogP contribution in [0.3, 0.4) is 0 Å². The van der Waals surface area contributed by atoms with Gasteiger partial charge < -0.3 is 10.2 Å². The second kappa shape index (κ2) is 5.05. The molecule has 0 amide bonds. The maximum atomic E-state index is 3.85. The summed E-state index contributed by atoms with van der Waals surface area (Å²) >= 11 is 0. The van der Waals surface area contributed by atoms with Crippen LogP contribution in [-0.4, -0.2) is 37.1 Å². The number of rotatable bonds is 6. The van der Waals surface area contributed by atoms with Crippen molar-refractivity contribution in [3.63, 3.8) is 0 Å². The number of hydrogen-bond donors (Lipinski definition) is 1. The maximum Gasteiger partial charge on any atom is 0.0359 e. The summed E-state index contributed by atoms with van der Waals surface area (Å²) in [5.74, 6) is 0.965. The fourth-order valence-corrected chi connectivity index (χ4v) is 3.55. The van der Waals surface area contributed by atoms with Crippen molar-refractivity contribution in [2.24, 2.45) is 5.92 Å². The predicted octanol–water partition coefficient (Wildman–Crippen LogP) is 2.64. The van der Waals surface area contributed by atoms with Gasteiger partial charge in [0, 0.05) is 11.6 Å². The molecule has 2 aliphatic rings. The van der Waals surface area contributed by atoms with Crippen molar-refractivity contribution in [1.82, 2.24) is 10.2 Å². The zero-order chi connectivity index (χ0) is 11.6. The minimum atomic E-state index is 0.469. The molecule has 0 heterocycles. The van der Waals surface area contributed by atoms with Gasteiger partial charge in [-0.25, -0.2) is 0 Å². The summed E-state index contributed by atoms with van der Waals surface area (Å²) in [4.78, 5) is 2.52. The minimum Gasteiger partial charge on any atom is -0.312 e. The second-order valence-electron chi connectivity index (χ2n) is 5.97. The molecule has 2 heteroatoms. The molecule has 2 nitrogen and oxygen atoms in total. The van der Waals surface area contributed by atoms with E-state index in [9.17, 15) is 0 Å². The largest absolute Gasteiger partial charge is 0.312 e. The molecule has 94 valence electrons. The van der Waals surface area contributed by atoms with Crippen molar-refractivity contribution < 1.29 is 0 Å². The summed E-state index contributed by atoms with van der Waals surface area (Å²) < 4.78 is 0. The molecule has 0 bridgehead atoms. The highest BCUT2D eigenvalue weighted by molar-refractivity contribution is 5.07. The van der Waals surface area contributed by atoms with Gasteiger partial charge in [-0.15, -0.1) is 0 Å². The fraction of sp³-hybridized carbons (Fsp3) is 1.00. The molecule has 0 aromatic rings. The van der Waals surface area contributed by atoms with E-state index in [1.165, 1.54) is 51.5 Å². The summed E-state index contributed by atoms with van der Waals surface area (Å²) in [6.07, 6.45) is 9.82. The van der Waals surface area contributed by atoms with Crippen molar-refractivity contribution in [3.05, 3.63) is 0 Å². The van der Waals surface area contributed by atoms with Crippen LogP contribution in [0.5, 0.6) is 0 Å². The monoisotopic (exact) mass is 224 g/mol. The fourth-order valence-electron chi connectivity index (χ4n) is 3.55. The molecular formula is C14H28N2. The van der Waals surface area contributed by atoms with Crippen molar-refractivity contribution in [2.75, 3.05) is 20.6 Å². The molecule has 1 atom stereocenters. The van der Waals surface area contributed by atoms with Crippen LogP contribution in [0.2, 0.25) is 0 Å². The second-order valence-corrected chi connectivity index (χ2v) is 5.97. The Labute approximate surface area is 101 Å². The summed E-state index contributed by atoms with van der Waals surface area (Å²) in [5.41, 5.74) is 0.469. The third-order valence-corrected chi connectivity index (χ3v) is 4.65. The van der Waals surface area contributed by atoms with Gasteiger partial charge in [-0.2, -0.15) is 0 Å². The van der Waals surface area contributed by atoms with Crippen molar-refractivity contribution in [1.29, 1.82) is 0 Å². The lowest BCUT2D eigenvalue weighted by atomic mass is 9.83. The Morgan fingerprint density at radius 2 is 1.88 bits per heavy atom. The third kappa shape index (κ3) is 2.28. The number of likely N-dealkylation sites (N-methyl/N-ethyl adjacent to an activating group) is 1. The van der Waals surface area contributed by atoms with Crippen LogP contribution in [-0.2, 0) is 0 Å². The summed E-state index contributed by atoms with van der Waals surface area (Å²) in [5, 5.41) is 3.85. The summed E-state index contributed by atoms with van der Waals surface area (Å²) in [6.45, 7) is 3.46. The van der Waals surface area contributed by atoms with E-state index in [0.29, 0.717) is 5.54 Å². The average Bonchev–Trinajstić information content (AvgIpc) is 2.96. The van der Waals surface area contributed by atoms with Crippen LogP contribution >= 0.6 is 0 Å². The zero-order valence-corrected chi connectivity index (χ0v) is 11.3. The van der Waals surface area contributed by atoms with Crippen molar-refractivity contribution in [2.45, 2.75) is 63.5 Å². The van der Waals surface area contributed by atoms with Gasteiger partial charge in [-0.3, -0.25) is 0 Å². The van der Waals surface area contributed by atoms with Crippen LogP contribution in [0.4, 0.5) is 0 Å². The first kappa shape index (κ1) is 12.4. The Balaban J connectivity index is 2.08. The standard InChI is InChI=1S/C14H28N2/c1-4-11-15-13(12-7-8-12)14(16(2)3)9-5-6-10-14/h12-13,15H,4-11H2,1-3H3. The van der Waals surface area contributed by atoms with E-state index >= 15 is 0 Å². The highest BCUT2D eigenvalue weighted by atomic mass is 15.2. The topological polar surface area (TPSA) is 15.3 Å². The van der Waals surface area contributed by atoms with Crippen LogP contribution in [0.1, 0.15) is 51.9 Å². The number of hydrogen-bond acceptors (Lipinski definition) is 2. The van der Waals surface area contributed by atoms with Crippen molar-refractivity contribution in [3.8, 4) is 0 Å². The van der Waals surface area contributed by atoms with Gasteiger partial charge in [0.2, 0.25) is 0 Å². The van der Waals surface area contributed by atoms with E-state index in [1.807, 2.05) is 0 Å². The Kier molecular flexibility index (Phi) is 3.91. The van der Waals surface area contributed by atoms with Crippen LogP contribution in [0.25, 0.3) is 0 Å². The van der Waals surface area contributed by atoms with Gasteiger partial charge in [0.05, 0.1) is 0 Å². The van der Waals surface area contributed by atoms with E-state index in [-0.39, 0.29) is 0 Å². The van der Waals surface area contributed by atoms with E-state index in [4.69, 9.17) is 0 Å². The van der Waals surface area contributed by atoms with E-state index in [1.54, 1.807) is 0 Å². The molecular weight excluding hydrogens is 196 g/mol. The normalized spacial score (nSPS) is 26.2. The van der Waals surface area contributed by atoms with Gasteiger partial charge in [-0.1, -0.05) is 19.8 Å². The molecule has 0 spiro atoms. The third-order valence-electron chi connectivity index (χ3n) is 4.65. The number of nitrogens with zero attached hydrogens (tertiary/aromatic N) is 1. The average molecular weight is 224 g/mol. The van der Waals surface area contributed by atoms with Gasteiger partial charge >= 0.3 is 0 Å². The Morgan fingerprint density at radius 1 is 1.25 bits per heavy atom. The van der Waals surface area contributed by atoms with E-state index in [2.05, 4.69) is 31.2 Å². The van der Waals surface area contributed by atoms with Gasteiger partial charge in [0.1, 0.15) is 0 Å². The number of nitrogens with one attached hydrogen (secondary N) is 1. The molecule has 2 rings (SSSR count). The van der Waals surface area contributed by atoms with E-state index < -0.39 is 0 Å². The van der Waals surface area contributed by atoms with Crippen LogP contribution < -0.4 is 5.32 Å². The lowest BCUT2D eigenvalue weighted by molar-refractivity contribution is 0.0936. The molecule has 0 aliphatic heterocycles. The molecule has 0 aromatic carbocycles. The SMILES string of the molecule is CCCNC(C1CC1)C1(N(C)C)CCCC1. The summed E-state index contributed by atoms with van der Waals surface area (Å²) in [6, 6.07) is 0.755. The van der Waals surface area contributed by atoms with E-state index in [0.717, 1.165) is 12.0 Å². The van der Waals surface area contributed by atoms with Crippen LogP contribution in [0.15, 0.2) is 0 Å².